The van der Waals surface area contributed by atoms with Crippen LogP contribution in [0.4, 0.5) is 11.6 Å². The number of hydrogen-bond acceptors (Lipinski definition) is 8. The van der Waals surface area contributed by atoms with E-state index in [1.54, 1.807) is 23.2 Å². The molecule has 0 spiro atoms. The van der Waals surface area contributed by atoms with E-state index in [0.717, 1.165) is 37.8 Å². The third-order valence-corrected chi connectivity index (χ3v) is 6.21. The molecule has 2 aromatic rings. The number of ether oxygens (including phenoxy) is 2. The Kier molecular flexibility index (Phi) is 5.66. The van der Waals surface area contributed by atoms with Gasteiger partial charge in [0.15, 0.2) is 18.2 Å². The van der Waals surface area contributed by atoms with Gasteiger partial charge in [0.1, 0.15) is 11.0 Å². The van der Waals surface area contributed by atoms with E-state index in [-0.39, 0.29) is 18.6 Å². The molecule has 0 aromatic carbocycles. The molecule has 2 aromatic heterocycles. The highest BCUT2D eigenvalue weighted by molar-refractivity contribution is 6.30. The second kappa shape index (κ2) is 8.58. The predicted molar refractivity (Wildman–Crippen MR) is 114 cm³/mol. The van der Waals surface area contributed by atoms with Gasteiger partial charge in [-0.2, -0.15) is 0 Å². The van der Waals surface area contributed by atoms with E-state index in [9.17, 15) is 9.90 Å². The highest BCUT2D eigenvalue weighted by Gasteiger charge is 2.33. The smallest absolute Gasteiger partial charge is 0.263 e. The second-order valence-corrected chi connectivity index (χ2v) is 8.39. The molecule has 3 N–H and O–H groups in total. The van der Waals surface area contributed by atoms with Crippen molar-refractivity contribution in [2.45, 2.75) is 44.2 Å². The first kappa shape index (κ1) is 20.4. The van der Waals surface area contributed by atoms with E-state index in [2.05, 4.69) is 20.6 Å². The Morgan fingerprint density at radius 2 is 2.23 bits per heavy atom. The first-order valence-corrected chi connectivity index (χ1v) is 10.8. The fraction of sp³-hybridized carbons (Fsp3) is 0.476. The lowest BCUT2D eigenvalue weighted by Crippen LogP contribution is -2.32. The van der Waals surface area contributed by atoms with Crippen molar-refractivity contribution in [1.82, 2.24) is 15.3 Å². The van der Waals surface area contributed by atoms with Crippen LogP contribution >= 0.6 is 11.6 Å². The molecule has 1 fully saturated rings. The van der Waals surface area contributed by atoms with Gasteiger partial charge in [-0.25, -0.2) is 9.97 Å². The number of hydrogen-bond donors (Lipinski definition) is 3. The summed E-state index contributed by atoms with van der Waals surface area (Å²) >= 11 is 6.19. The summed E-state index contributed by atoms with van der Waals surface area (Å²) in [7, 11) is 0. The zero-order valence-corrected chi connectivity index (χ0v) is 17.6. The van der Waals surface area contributed by atoms with Crippen LogP contribution in [0.25, 0.3) is 0 Å². The lowest BCUT2D eigenvalue weighted by Gasteiger charge is -2.22. The van der Waals surface area contributed by atoms with Gasteiger partial charge in [-0.1, -0.05) is 11.6 Å². The molecule has 3 atom stereocenters. The normalized spacial score (nSPS) is 24.5. The average molecular weight is 446 g/mol. The van der Waals surface area contributed by atoms with E-state index in [0.29, 0.717) is 35.1 Å². The number of carbonyl (C=O) groups is 1. The summed E-state index contributed by atoms with van der Waals surface area (Å²) < 4.78 is 11.0. The maximum atomic E-state index is 11.5. The molecular weight excluding hydrogens is 422 g/mol. The molecule has 9 nitrogen and oxygen atoms in total. The van der Waals surface area contributed by atoms with Crippen LogP contribution in [0.5, 0.6) is 5.75 Å². The van der Waals surface area contributed by atoms with Gasteiger partial charge in [-0.15, -0.1) is 0 Å². The molecule has 0 saturated carbocycles. The Labute approximate surface area is 184 Å². The Morgan fingerprint density at radius 1 is 1.32 bits per heavy atom. The summed E-state index contributed by atoms with van der Waals surface area (Å²) in [5.74, 6) is 1.17. The molecule has 164 valence electrons. The molecule has 10 heteroatoms. The standard InChI is InChI=1S/C21H24ClN5O4/c22-19-15-9-13(8-12(15)5-7-24-19)23-6-1-2-14-10-27(21(29)31-14)17-4-3-16-20(25-17)26-18(28)11-30-16/h3-5,7,13-14,21,23,29H,1-2,6,8-11H2,(H,25,26,28). The third kappa shape index (κ3) is 4.31. The van der Waals surface area contributed by atoms with Crippen LogP contribution in [0.2, 0.25) is 5.15 Å². The quantitative estimate of drug-likeness (QED) is 0.453. The van der Waals surface area contributed by atoms with Crippen LogP contribution < -0.4 is 20.3 Å². The van der Waals surface area contributed by atoms with Crippen molar-refractivity contribution in [2.24, 2.45) is 0 Å². The van der Waals surface area contributed by atoms with Gasteiger partial charge in [0.05, 0.1) is 12.6 Å². The predicted octanol–water partition coefficient (Wildman–Crippen LogP) is 1.48. The number of nitrogens with one attached hydrogen (secondary N) is 2. The van der Waals surface area contributed by atoms with Gasteiger partial charge in [0.2, 0.25) is 6.41 Å². The number of halogens is 1. The molecule has 0 radical (unpaired) electrons. The summed E-state index contributed by atoms with van der Waals surface area (Å²) in [5.41, 5.74) is 2.42. The van der Waals surface area contributed by atoms with Crippen LogP contribution in [0.3, 0.4) is 0 Å². The summed E-state index contributed by atoms with van der Waals surface area (Å²) in [6.07, 6.45) is 4.20. The van der Waals surface area contributed by atoms with E-state index in [4.69, 9.17) is 21.1 Å². The summed E-state index contributed by atoms with van der Waals surface area (Å²) in [4.78, 5) is 21.8. The number of aliphatic hydroxyl groups excluding tert-OH is 1. The van der Waals surface area contributed by atoms with Gasteiger partial charge in [0, 0.05) is 12.2 Å². The molecule has 1 saturated heterocycles. The van der Waals surface area contributed by atoms with Crippen LogP contribution in [-0.2, 0) is 22.4 Å². The van der Waals surface area contributed by atoms with Crippen molar-refractivity contribution in [3.63, 3.8) is 0 Å². The van der Waals surface area contributed by atoms with Crippen LogP contribution in [0.1, 0.15) is 24.0 Å². The Hall–Kier alpha value is -2.46. The molecule has 31 heavy (non-hydrogen) atoms. The number of fused-ring (bicyclic) bond motifs is 2. The lowest BCUT2D eigenvalue weighted by molar-refractivity contribution is -0.118. The maximum Gasteiger partial charge on any atom is 0.263 e. The Morgan fingerprint density at radius 3 is 3.10 bits per heavy atom. The van der Waals surface area contributed by atoms with E-state index in [1.807, 2.05) is 6.07 Å². The molecule has 0 bridgehead atoms. The van der Waals surface area contributed by atoms with E-state index < -0.39 is 6.41 Å². The molecule has 4 heterocycles. The number of anilines is 2. The number of amides is 1. The topological polar surface area (TPSA) is 109 Å². The van der Waals surface area contributed by atoms with Gasteiger partial charge in [-0.05, 0) is 61.6 Å². The maximum absolute atomic E-state index is 11.5. The minimum Gasteiger partial charge on any atom is -0.480 e. The van der Waals surface area contributed by atoms with Crippen LogP contribution in [0, 0.1) is 0 Å². The van der Waals surface area contributed by atoms with Crippen molar-refractivity contribution >= 4 is 29.1 Å². The molecule has 3 aliphatic rings. The Balaban J connectivity index is 1.10. The van der Waals surface area contributed by atoms with Crippen molar-refractivity contribution in [2.75, 3.05) is 29.9 Å². The molecule has 3 unspecified atom stereocenters. The molecule has 1 aliphatic carbocycles. The lowest BCUT2D eigenvalue weighted by atomic mass is 10.1. The molecular formula is C21H24ClN5O4. The Bertz CT molecular complexity index is 990. The largest absolute Gasteiger partial charge is 0.480 e. The number of carbonyl (C=O) groups excluding carboxylic acids is 1. The van der Waals surface area contributed by atoms with Gasteiger partial charge in [-0.3, -0.25) is 4.79 Å². The minimum atomic E-state index is -1.07. The highest BCUT2D eigenvalue weighted by atomic mass is 35.5. The number of aliphatic hydroxyl groups is 1. The molecule has 1 amide bonds. The van der Waals surface area contributed by atoms with E-state index >= 15 is 0 Å². The van der Waals surface area contributed by atoms with Crippen molar-refractivity contribution in [3.8, 4) is 5.75 Å². The zero-order chi connectivity index (χ0) is 21.4. The minimum absolute atomic E-state index is 0.0174. The summed E-state index contributed by atoms with van der Waals surface area (Å²) in [6.45, 7) is 1.37. The van der Waals surface area contributed by atoms with Crippen molar-refractivity contribution in [3.05, 3.63) is 40.7 Å². The van der Waals surface area contributed by atoms with Crippen LogP contribution in [-0.4, -0.2) is 59.2 Å². The van der Waals surface area contributed by atoms with Gasteiger partial charge >= 0.3 is 0 Å². The van der Waals surface area contributed by atoms with E-state index in [1.165, 1.54) is 5.56 Å². The average Bonchev–Trinajstić information content (AvgIpc) is 3.34. The van der Waals surface area contributed by atoms with Gasteiger partial charge in [0.25, 0.3) is 5.91 Å². The highest BCUT2D eigenvalue weighted by Crippen LogP contribution is 2.31. The number of aromatic nitrogens is 2. The first-order valence-electron chi connectivity index (χ1n) is 10.5. The van der Waals surface area contributed by atoms with Crippen molar-refractivity contribution < 1.29 is 19.4 Å². The number of pyridine rings is 2. The molecule has 5 rings (SSSR count). The number of rotatable bonds is 6. The second-order valence-electron chi connectivity index (χ2n) is 8.03. The van der Waals surface area contributed by atoms with Gasteiger partial charge < -0.3 is 30.1 Å². The fourth-order valence-electron chi connectivity index (χ4n) is 4.35. The number of nitrogens with zero attached hydrogens (tertiary/aromatic N) is 3. The van der Waals surface area contributed by atoms with Crippen LogP contribution in [0.15, 0.2) is 24.4 Å². The summed E-state index contributed by atoms with van der Waals surface area (Å²) in [5, 5.41) is 17.2. The molecule has 2 aliphatic heterocycles. The first-order chi connectivity index (χ1) is 15.1. The zero-order valence-electron chi connectivity index (χ0n) is 16.9. The third-order valence-electron chi connectivity index (χ3n) is 5.89. The fourth-order valence-corrected chi connectivity index (χ4v) is 4.61. The SMILES string of the molecule is O=C1COc2ccc(N3CC(CCCNC4Cc5ccnc(Cl)c5C4)OC3O)nc2N1. The monoisotopic (exact) mass is 445 g/mol. The van der Waals surface area contributed by atoms with Crippen molar-refractivity contribution in [1.29, 1.82) is 0 Å². The summed E-state index contributed by atoms with van der Waals surface area (Å²) in [6, 6.07) is 5.91.